The molecule has 0 amide bonds. The molecular formula is C14H17NO6. The molecule has 0 fully saturated rings. The van der Waals surface area contributed by atoms with Crippen molar-refractivity contribution >= 4 is 11.9 Å². The summed E-state index contributed by atoms with van der Waals surface area (Å²) in [6.07, 6.45) is 0.187. The number of carbonyl (C=O) groups excluding carboxylic acids is 2. The molecule has 1 aromatic rings. The number of hydrogen-bond acceptors (Lipinski definition) is 7. The Kier molecular flexibility index (Phi) is 4.13. The van der Waals surface area contributed by atoms with Gasteiger partial charge >= 0.3 is 11.9 Å². The molecule has 0 aromatic carbocycles. The monoisotopic (exact) mass is 295 g/mol. The number of rotatable bonds is 3. The Bertz CT molecular complexity index is 573. The third-order valence-electron chi connectivity index (χ3n) is 3.51. The van der Waals surface area contributed by atoms with Gasteiger partial charge in [0, 0.05) is 18.7 Å². The molecule has 0 saturated carbocycles. The zero-order valence-electron chi connectivity index (χ0n) is 12.1. The Morgan fingerprint density at radius 1 is 1.62 bits per heavy atom. The van der Waals surface area contributed by atoms with E-state index in [0.717, 1.165) is 0 Å². The zero-order chi connectivity index (χ0) is 15.6. The molecule has 1 aliphatic rings. The third kappa shape index (κ3) is 2.56. The summed E-state index contributed by atoms with van der Waals surface area (Å²) in [6, 6.07) is 1.57. The van der Waals surface area contributed by atoms with Crippen molar-refractivity contribution in [2.45, 2.75) is 38.6 Å². The number of aromatic nitrogens is 1. The normalized spacial score (nSPS) is 24.6. The number of nitrogens with zero attached hydrogens (tertiary/aromatic N) is 1. The van der Waals surface area contributed by atoms with Gasteiger partial charge in [0.1, 0.15) is 12.2 Å². The van der Waals surface area contributed by atoms with Gasteiger partial charge in [-0.15, -0.1) is 0 Å². The summed E-state index contributed by atoms with van der Waals surface area (Å²) in [6.45, 7) is 2.75. The number of methoxy groups -OCH3 is 1. The van der Waals surface area contributed by atoms with Crippen LogP contribution in [-0.2, 0) is 31.3 Å². The van der Waals surface area contributed by atoms with Crippen LogP contribution in [0.25, 0.3) is 0 Å². The fourth-order valence-electron chi connectivity index (χ4n) is 2.44. The highest BCUT2D eigenvalue weighted by Crippen LogP contribution is 2.39. The van der Waals surface area contributed by atoms with Gasteiger partial charge in [-0.2, -0.15) is 0 Å². The van der Waals surface area contributed by atoms with E-state index < -0.39 is 23.6 Å². The summed E-state index contributed by atoms with van der Waals surface area (Å²) in [5.74, 6) is -1.21. The average Bonchev–Trinajstić information content (AvgIpc) is 2.57. The highest BCUT2D eigenvalue weighted by atomic mass is 16.6. The van der Waals surface area contributed by atoms with E-state index in [1.54, 1.807) is 13.0 Å². The number of carbonyl (C=O) groups is 2. The van der Waals surface area contributed by atoms with Gasteiger partial charge in [-0.3, -0.25) is 4.79 Å². The minimum absolute atomic E-state index is 0.106. The van der Waals surface area contributed by atoms with E-state index in [1.807, 2.05) is 0 Å². The fourth-order valence-corrected chi connectivity index (χ4v) is 2.44. The van der Waals surface area contributed by atoms with Crippen molar-refractivity contribution in [3.05, 3.63) is 23.4 Å². The molecule has 0 unspecified atom stereocenters. The lowest BCUT2D eigenvalue weighted by Gasteiger charge is -2.32. The van der Waals surface area contributed by atoms with Crippen molar-refractivity contribution in [2.75, 3.05) is 7.11 Å². The van der Waals surface area contributed by atoms with Crippen LogP contribution in [0.1, 0.15) is 31.4 Å². The summed E-state index contributed by atoms with van der Waals surface area (Å²) in [5, 5.41) is 10.9. The lowest BCUT2D eigenvalue weighted by molar-refractivity contribution is -0.186. The molecule has 2 atom stereocenters. The molecule has 0 aliphatic carbocycles. The summed E-state index contributed by atoms with van der Waals surface area (Å²) in [4.78, 5) is 27.3. The number of esters is 2. The summed E-state index contributed by atoms with van der Waals surface area (Å²) in [5.41, 5.74) is -0.813. The first-order chi connectivity index (χ1) is 9.93. The topological polar surface area (TPSA) is 95.0 Å². The lowest BCUT2D eigenvalue weighted by Crippen LogP contribution is -2.46. The first-order valence-electron chi connectivity index (χ1n) is 6.52. The van der Waals surface area contributed by atoms with Crippen LogP contribution in [0.3, 0.4) is 0 Å². The Balaban J connectivity index is 2.61. The molecule has 0 bridgehead atoms. The summed E-state index contributed by atoms with van der Waals surface area (Å²) < 4.78 is 15.2. The van der Waals surface area contributed by atoms with E-state index >= 15 is 0 Å². The Morgan fingerprint density at radius 3 is 2.90 bits per heavy atom. The van der Waals surface area contributed by atoms with Crippen LogP contribution in [0.2, 0.25) is 0 Å². The van der Waals surface area contributed by atoms with E-state index in [1.165, 1.54) is 20.2 Å². The van der Waals surface area contributed by atoms with Gasteiger partial charge in [-0.1, -0.05) is 6.92 Å². The maximum atomic E-state index is 12.1. The molecule has 7 heteroatoms. The first kappa shape index (κ1) is 15.2. The van der Waals surface area contributed by atoms with Gasteiger partial charge < -0.3 is 19.3 Å². The van der Waals surface area contributed by atoms with Gasteiger partial charge in [-0.05, 0) is 12.5 Å². The maximum absolute atomic E-state index is 12.1. The Hall–Kier alpha value is -2.15. The van der Waals surface area contributed by atoms with E-state index in [2.05, 4.69) is 4.98 Å². The van der Waals surface area contributed by atoms with Gasteiger partial charge in [0.15, 0.2) is 0 Å². The molecule has 2 rings (SSSR count). The number of ether oxygens (including phenoxy) is 3. The van der Waals surface area contributed by atoms with Crippen molar-refractivity contribution in [1.82, 2.24) is 4.98 Å². The molecule has 0 saturated heterocycles. The maximum Gasteiger partial charge on any atom is 0.351 e. The molecule has 1 aromatic heterocycles. The molecule has 0 radical (unpaired) electrons. The fraction of sp³-hybridized carbons (Fsp3) is 0.500. The smallest absolute Gasteiger partial charge is 0.351 e. The van der Waals surface area contributed by atoms with Crippen LogP contribution in [0.15, 0.2) is 12.3 Å². The van der Waals surface area contributed by atoms with Crippen LogP contribution in [0.4, 0.5) is 0 Å². The predicted molar refractivity (Wildman–Crippen MR) is 70.3 cm³/mol. The second kappa shape index (κ2) is 5.69. The Morgan fingerprint density at radius 2 is 2.33 bits per heavy atom. The number of hydrogen-bond donors (Lipinski definition) is 1. The lowest BCUT2D eigenvalue weighted by atomic mass is 9.84. The zero-order valence-corrected chi connectivity index (χ0v) is 12.1. The SMILES string of the molecule is CC[C@]1(O)c2ccnc(OC)c2COC(=O)[C@@H]1OC(C)=O. The van der Waals surface area contributed by atoms with E-state index in [-0.39, 0.29) is 18.9 Å². The van der Waals surface area contributed by atoms with Crippen LogP contribution in [0, 0.1) is 0 Å². The van der Waals surface area contributed by atoms with Crippen LogP contribution >= 0.6 is 0 Å². The average molecular weight is 295 g/mol. The number of aliphatic hydroxyl groups is 1. The summed E-state index contributed by atoms with van der Waals surface area (Å²) in [7, 11) is 1.43. The number of pyridine rings is 1. The standard InChI is InChI=1S/C14H17NO6/c1-4-14(18)10-5-6-15-12(19-3)9(10)7-20-13(17)11(14)21-8(2)16/h5-6,11,18H,4,7H2,1-3H3/t11-,14-/m0/s1. The van der Waals surface area contributed by atoms with E-state index in [4.69, 9.17) is 14.2 Å². The van der Waals surface area contributed by atoms with Gasteiger partial charge in [0.05, 0.1) is 12.7 Å². The van der Waals surface area contributed by atoms with E-state index in [0.29, 0.717) is 11.1 Å². The Labute approximate surface area is 121 Å². The van der Waals surface area contributed by atoms with Gasteiger partial charge in [0.2, 0.25) is 12.0 Å². The van der Waals surface area contributed by atoms with Gasteiger partial charge in [0.25, 0.3) is 0 Å². The minimum atomic E-state index is -1.69. The van der Waals surface area contributed by atoms with Crippen LogP contribution in [0.5, 0.6) is 5.88 Å². The van der Waals surface area contributed by atoms with Crippen molar-refractivity contribution in [1.29, 1.82) is 0 Å². The minimum Gasteiger partial charge on any atom is -0.481 e. The largest absolute Gasteiger partial charge is 0.481 e. The van der Waals surface area contributed by atoms with Crippen LogP contribution < -0.4 is 4.74 Å². The molecule has 2 heterocycles. The molecule has 0 spiro atoms. The molecule has 114 valence electrons. The van der Waals surface area contributed by atoms with Crippen LogP contribution in [-0.4, -0.2) is 35.2 Å². The molecule has 1 N–H and O–H groups in total. The molecule has 21 heavy (non-hydrogen) atoms. The molecular weight excluding hydrogens is 278 g/mol. The van der Waals surface area contributed by atoms with Crippen molar-refractivity contribution in [2.24, 2.45) is 0 Å². The quantitative estimate of drug-likeness (QED) is 0.819. The second-order valence-electron chi connectivity index (χ2n) is 4.72. The highest BCUT2D eigenvalue weighted by molar-refractivity contribution is 5.81. The van der Waals surface area contributed by atoms with Crippen molar-refractivity contribution < 1.29 is 28.9 Å². The van der Waals surface area contributed by atoms with Crippen molar-refractivity contribution in [3.63, 3.8) is 0 Å². The number of cyclic esters (lactones) is 1. The molecule has 1 aliphatic heterocycles. The van der Waals surface area contributed by atoms with E-state index in [9.17, 15) is 14.7 Å². The third-order valence-corrected chi connectivity index (χ3v) is 3.51. The molecule has 7 nitrogen and oxygen atoms in total. The van der Waals surface area contributed by atoms with Gasteiger partial charge in [-0.25, -0.2) is 9.78 Å². The number of fused-ring (bicyclic) bond motifs is 1. The first-order valence-corrected chi connectivity index (χ1v) is 6.52. The summed E-state index contributed by atoms with van der Waals surface area (Å²) >= 11 is 0. The highest BCUT2D eigenvalue weighted by Gasteiger charge is 2.49. The predicted octanol–water partition coefficient (Wildman–Crippen LogP) is 0.676. The second-order valence-corrected chi connectivity index (χ2v) is 4.72. The van der Waals surface area contributed by atoms with Crippen molar-refractivity contribution in [3.8, 4) is 5.88 Å².